The maximum atomic E-state index is 13.1. The predicted octanol–water partition coefficient (Wildman–Crippen LogP) is 3.86. The summed E-state index contributed by atoms with van der Waals surface area (Å²) in [5.74, 6) is 0.910. The van der Waals surface area contributed by atoms with Crippen molar-refractivity contribution >= 4 is 5.78 Å². The van der Waals surface area contributed by atoms with Gasteiger partial charge >= 0.3 is 0 Å². The molecule has 0 aromatic heterocycles. The van der Waals surface area contributed by atoms with Gasteiger partial charge < -0.3 is 5.73 Å². The van der Waals surface area contributed by atoms with Crippen molar-refractivity contribution in [1.29, 1.82) is 0 Å². The molecule has 2 aliphatic rings. The first-order valence-electron chi connectivity index (χ1n) is 8.50. The Morgan fingerprint density at radius 3 is 2.48 bits per heavy atom. The van der Waals surface area contributed by atoms with E-state index in [0.717, 1.165) is 30.4 Å². The lowest BCUT2D eigenvalue weighted by Gasteiger charge is -2.41. The van der Waals surface area contributed by atoms with Crippen LogP contribution >= 0.6 is 0 Å². The third kappa shape index (κ3) is 2.24. The van der Waals surface area contributed by atoms with E-state index in [9.17, 15) is 4.79 Å². The summed E-state index contributed by atoms with van der Waals surface area (Å²) in [4.78, 5) is 13.1. The molecule has 2 heteroatoms. The molecule has 0 amide bonds. The van der Waals surface area contributed by atoms with E-state index in [0.29, 0.717) is 11.8 Å². The largest absolute Gasteiger partial charge is 0.325 e. The SMILES string of the molecule is CC(C)(N)C1CCc2cccc3c2C1Cc1ccccc1C3=O. The topological polar surface area (TPSA) is 43.1 Å². The fraction of sp³-hybridized carbons (Fsp3) is 0.381. The van der Waals surface area contributed by atoms with Crippen molar-refractivity contribution in [2.75, 3.05) is 0 Å². The molecule has 0 saturated carbocycles. The van der Waals surface area contributed by atoms with Crippen molar-refractivity contribution in [2.24, 2.45) is 11.7 Å². The lowest BCUT2D eigenvalue weighted by atomic mass is 9.65. The van der Waals surface area contributed by atoms with Crippen LogP contribution in [-0.4, -0.2) is 11.3 Å². The van der Waals surface area contributed by atoms with E-state index < -0.39 is 0 Å². The second kappa shape index (κ2) is 5.04. The van der Waals surface area contributed by atoms with Gasteiger partial charge in [-0.05, 0) is 61.6 Å². The van der Waals surface area contributed by atoms with E-state index in [1.165, 1.54) is 16.7 Å². The predicted molar refractivity (Wildman–Crippen MR) is 92.8 cm³/mol. The summed E-state index contributed by atoms with van der Waals surface area (Å²) in [6.07, 6.45) is 3.03. The number of hydrogen-bond donors (Lipinski definition) is 1. The zero-order chi connectivity index (χ0) is 16.2. The Kier molecular flexibility index (Phi) is 3.21. The van der Waals surface area contributed by atoms with Crippen molar-refractivity contribution in [1.82, 2.24) is 0 Å². The van der Waals surface area contributed by atoms with Gasteiger partial charge in [-0.2, -0.15) is 0 Å². The van der Waals surface area contributed by atoms with Crippen molar-refractivity contribution in [2.45, 2.75) is 44.6 Å². The molecule has 2 aromatic carbocycles. The molecule has 0 heterocycles. The first-order chi connectivity index (χ1) is 11.0. The fourth-order valence-electron chi connectivity index (χ4n) is 4.62. The van der Waals surface area contributed by atoms with E-state index >= 15 is 0 Å². The molecule has 2 aliphatic carbocycles. The molecule has 0 fully saturated rings. The third-order valence-electron chi connectivity index (χ3n) is 5.68. The van der Waals surface area contributed by atoms with E-state index in [1.54, 1.807) is 0 Å². The van der Waals surface area contributed by atoms with Gasteiger partial charge in [-0.25, -0.2) is 0 Å². The first-order valence-corrected chi connectivity index (χ1v) is 8.50. The van der Waals surface area contributed by atoms with Gasteiger partial charge in [-0.15, -0.1) is 0 Å². The summed E-state index contributed by atoms with van der Waals surface area (Å²) in [6.45, 7) is 4.26. The molecule has 2 N–H and O–H groups in total. The molecule has 118 valence electrons. The number of rotatable bonds is 1. The van der Waals surface area contributed by atoms with Gasteiger partial charge in [0, 0.05) is 16.7 Å². The van der Waals surface area contributed by atoms with E-state index in [1.807, 2.05) is 30.3 Å². The van der Waals surface area contributed by atoms with Crippen LogP contribution in [-0.2, 0) is 12.8 Å². The summed E-state index contributed by atoms with van der Waals surface area (Å²) in [7, 11) is 0. The molecule has 2 unspecified atom stereocenters. The van der Waals surface area contributed by atoms with Crippen LogP contribution in [0.5, 0.6) is 0 Å². The minimum absolute atomic E-state index is 0.176. The van der Waals surface area contributed by atoms with Crippen LogP contribution in [0.2, 0.25) is 0 Å². The minimum atomic E-state index is -0.238. The maximum absolute atomic E-state index is 13.1. The summed E-state index contributed by atoms with van der Waals surface area (Å²) in [6, 6.07) is 14.3. The monoisotopic (exact) mass is 305 g/mol. The Morgan fingerprint density at radius 2 is 1.70 bits per heavy atom. The number of benzene rings is 2. The van der Waals surface area contributed by atoms with E-state index in [-0.39, 0.29) is 11.3 Å². The lowest BCUT2D eigenvalue weighted by molar-refractivity contribution is 0.103. The molecule has 2 aromatic rings. The van der Waals surface area contributed by atoms with Crippen LogP contribution in [0, 0.1) is 5.92 Å². The molecule has 0 saturated heterocycles. The number of ketones is 1. The van der Waals surface area contributed by atoms with Gasteiger partial charge in [-0.3, -0.25) is 4.79 Å². The molecule has 0 aliphatic heterocycles. The number of aryl methyl sites for hydroxylation is 1. The number of hydrogen-bond acceptors (Lipinski definition) is 2. The molecule has 0 spiro atoms. The summed E-state index contributed by atoms with van der Waals surface area (Å²) in [5, 5.41) is 0. The number of carbonyl (C=O) groups excluding carboxylic acids is 1. The number of nitrogens with two attached hydrogens (primary N) is 1. The summed E-state index contributed by atoms with van der Waals surface area (Å²) in [5.41, 5.74) is 11.8. The number of carbonyl (C=O) groups is 1. The Bertz CT molecular complexity index is 785. The van der Waals surface area contributed by atoms with Gasteiger partial charge in [0.1, 0.15) is 0 Å². The minimum Gasteiger partial charge on any atom is -0.325 e. The standard InChI is InChI=1S/C21H23NO/c1-21(2,22)18-11-10-13-7-5-9-16-19(13)17(18)12-14-6-3-4-8-15(14)20(16)23/h3-9,17-18H,10-12,22H2,1-2H3. The van der Waals surface area contributed by atoms with Crippen LogP contribution in [0.15, 0.2) is 42.5 Å². The van der Waals surface area contributed by atoms with Gasteiger partial charge in [0.15, 0.2) is 5.78 Å². The van der Waals surface area contributed by atoms with Crippen molar-refractivity contribution in [3.63, 3.8) is 0 Å². The van der Waals surface area contributed by atoms with Gasteiger partial charge in [0.2, 0.25) is 0 Å². The van der Waals surface area contributed by atoms with Crippen LogP contribution in [0.25, 0.3) is 0 Å². The lowest BCUT2D eigenvalue weighted by Crippen LogP contribution is -2.46. The molecular formula is C21H23NO. The van der Waals surface area contributed by atoms with Crippen molar-refractivity contribution < 1.29 is 4.79 Å². The van der Waals surface area contributed by atoms with E-state index in [4.69, 9.17) is 5.73 Å². The van der Waals surface area contributed by atoms with Crippen LogP contribution in [0.1, 0.15) is 58.8 Å². The van der Waals surface area contributed by atoms with Crippen molar-refractivity contribution in [3.05, 3.63) is 70.3 Å². The average molecular weight is 305 g/mol. The Morgan fingerprint density at radius 1 is 1.00 bits per heavy atom. The van der Waals surface area contributed by atoms with Gasteiger partial charge in [-0.1, -0.05) is 42.5 Å². The Labute approximate surface area is 137 Å². The highest BCUT2D eigenvalue weighted by atomic mass is 16.1. The smallest absolute Gasteiger partial charge is 0.193 e. The zero-order valence-electron chi connectivity index (χ0n) is 13.8. The van der Waals surface area contributed by atoms with Crippen LogP contribution in [0.4, 0.5) is 0 Å². The number of fused-ring (bicyclic) bond motifs is 1. The molecule has 0 radical (unpaired) electrons. The molecule has 23 heavy (non-hydrogen) atoms. The van der Waals surface area contributed by atoms with Gasteiger partial charge in [0.25, 0.3) is 0 Å². The van der Waals surface area contributed by atoms with Crippen molar-refractivity contribution in [3.8, 4) is 0 Å². The third-order valence-corrected chi connectivity index (χ3v) is 5.68. The fourth-order valence-corrected chi connectivity index (χ4v) is 4.62. The molecule has 2 atom stereocenters. The molecule has 4 rings (SSSR count). The second-order valence-corrected chi connectivity index (χ2v) is 7.64. The molecule has 2 nitrogen and oxygen atoms in total. The quantitative estimate of drug-likeness (QED) is 0.869. The summed E-state index contributed by atoms with van der Waals surface area (Å²) < 4.78 is 0. The van der Waals surface area contributed by atoms with Gasteiger partial charge in [0.05, 0.1) is 0 Å². The van der Waals surface area contributed by atoms with Crippen LogP contribution < -0.4 is 5.73 Å². The average Bonchev–Trinajstić information content (AvgIpc) is 2.64. The first kappa shape index (κ1) is 14.6. The maximum Gasteiger partial charge on any atom is 0.193 e. The summed E-state index contributed by atoms with van der Waals surface area (Å²) >= 11 is 0. The van der Waals surface area contributed by atoms with E-state index in [2.05, 4.69) is 26.0 Å². The normalized spacial score (nSPS) is 23.0. The molecular weight excluding hydrogens is 282 g/mol. The zero-order valence-corrected chi connectivity index (χ0v) is 13.8. The highest BCUT2D eigenvalue weighted by Gasteiger charge is 2.41. The Hall–Kier alpha value is -1.93. The van der Waals surface area contributed by atoms with Crippen LogP contribution in [0.3, 0.4) is 0 Å². The Balaban J connectivity index is 1.97. The second-order valence-electron chi connectivity index (χ2n) is 7.64. The molecule has 0 bridgehead atoms. The highest BCUT2D eigenvalue weighted by molar-refractivity contribution is 6.11. The highest BCUT2D eigenvalue weighted by Crippen LogP contribution is 2.46.